The molecule has 0 saturated carbocycles. The van der Waals surface area contributed by atoms with Crippen molar-refractivity contribution in [3.8, 4) is 0 Å². The second-order valence-electron chi connectivity index (χ2n) is 12.8. The fourth-order valence-corrected chi connectivity index (χ4v) is 15.5. The maximum atomic E-state index is 13.0. The maximum absolute atomic E-state index is 13.0. The summed E-state index contributed by atoms with van der Waals surface area (Å²) < 4.78 is 27.6. The van der Waals surface area contributed by atoms with E-state index in [0.29, 0.717) is 25.7 Å². The fourth-order valence-electron chi connectivity index (χ4n) is 5.34. The van der Waals surface area contributed by atoms with E-state index >= 15 is 0 Å². The highest BCUT2D eigenvalue weighted by Crippen LogP contribution is 2.42. The van der Waals surface area contributed by atoms with Crippen molar-refractivity contribution in [3.05, 3.63) is 32.5 Å². The van der Waals surface area contributed by atoms with Crippen LogP contribution in [0.25, 0.3) is 0 Å². The van der Waals surface area contributed by atoms with E-state index in [9.17, 15) is 52.5 Å². The van der Waals surface area contributed by atoms with Crippen LogP contribution in [-0.2, 0) is 29.0 Å². The Kier molecular flexibility index (Phi) is 26.1. The SMILES string of the molecule is CCN(C(C)=O)c1c(I)c(NC(=O)CCS(=O)(=O)CCC(=O)Nc2c(I)c(C(=O)O)c(I)c(N(CC)C(C)=O)c2I)c(I)c(C(=O)O)c1I.CNCC(O)C(O)C(O)C(O)CO. The molecule has 0 aliphatic heterocycles. The zero-order chi connectivity index (χ0) is 48.1. The van der Waals surface area contributed by atoms with Gasteiger partial charge in [0.1, 0.15) is 18.3 Å². The third-order valence-electron chi connectivity index (χ3n) is 8.50. The number of carboxylic acids is 2. The van der Waals surface area contributed by atoms with Crippen LogP contribution in [0, 0.1) is 21.4 Å². The highest BCUT2D eigenvalue weighted by Gasteiger charge is 2.32. The number of carboxylic acid groups (broad SMARTS) is 2. The predicted octanol–water partition coefficient (Wildman–Crippen LogP) is 2.87. The number of halogens is 6. The number of sulfone groups is 1. The quantitative estimate of drug-likeness (QED) is 0.0853. The third kappa shape index (κ3) is 16.0. The normalized spacial score (nSPS) is 13.2. The molecule has 2 aromatic rings. The lowest BCUT2D eigenvalue weighted by atomic mass is 10.0. The topological polar surface area (TPSA) is 321 Å². The second kappa shape index (κ2) is 27.2. The number of carbonyl (C=O) groups excluding carboxylic acids is 4. The number of likely N-dealkylation sites (N-methyl/N-ethyl adjacent to an activating group) is 1. The van der Waals surface area contributed by atoms with Gasteiger partial charge in [-0.3, -0.25) is 19.2 Å². The largest absolute Gasteiger partial charge is 0.478 e. The summed E-state index contributed by atoms with van der Waals surface area (Å²) in [5.41, 5.74) is 0.647. The van der Waals surface area contributed by atoms with Gasteiger partial charge in [0.2, 0.25) is 23.6 Å². The summed E-state index contributed by atoms with van der Waals surface area (Å²) in [7, 11) is -2.38. The van der Waals surface area contributed by atoms with E-state index < -0.39 is 89.0 Å². The number of hydrogen-bond donors (Lipinski definition) is 10. The van der Waals surface area contributed by atoms with E-state index in [2.05, 4.69) is 16.0 Å². The summed E-state index contributed by atoms with van der Waals surface area (Å²) in [6.07, 6.45) is -6.65. The number of aromatic carboxylic acids is 2. The Labute approximate surface area is 439 Å². The first-order valence-electron chi connectivity index (χ1n) is 17.9. The number of nitrogens with zero attached hydrogens (tertiary/aromatic N) is 2. The number of rotatable bonds is 20. The van der Waals surface area contributed by atoms with Crippen LogP contribution in [0.5, 0.6) is 0 Å². The minimum atomic E-state index is -3.95. The Morgan fingerprint density at radius 2 is 0.952 bits per heavy atom. The van der Waals surface area contributed by atoms with Gasteiger partial charge in [-0.25, -0.2) is 18.0 Å². The zero-order valence-corrected chi connectivity index (χ0v) is 47.2. The monoisotopic (exact) mass is 1570 g/mol. The number of aliphatic hydroxyl groups excluding tert-OH is 5. The molecule has 2 aromatic carbocycles. The standard InChI is InChI=1S/C28H28I6N4O10S.C7H17NO5/c1-5-37(11(3)39)25-19(31)15(27(43)44)17(29)23(21(25)33)35-13(41)7-9-49(47,48)10-8-14(42)36-24-18(30)16(28(45)46)20(32)26(22(24)34)38(6-2)12(4)40;1-8-2-4(10)6(12)7(13)5(11)3-9/h5-10H2,1-4H3,(H,35,41)(H,36,42)(H,43,44)(H,45,46);4-13H,2-3H2,1H3. The van der Waals surface area contributed by atoms with E-state index in [4.69, 9.17) is 20.4 Å². The highest BCUT2D eigenvalue weighted by atomic mass is 127. The fraction of sp³-hybridized carbons (Fsp3) is 0.486. The van der Waals surface area contributed by atoms with Gasteiger partial charge in [-0.05, 0) is 156 Å². The molecule has 348 valence electrons. The summed E-state index contributed by atoms with van der Waals surface area (Å²) in [5.74, 6) is -5.89. The molecule has 20 nitrogen and oxygen atoms in total. The third-order valence-corrected chi connectivity index (χ3v) is 16.5. The Bertz CT molecular complexity index is 2010. The summed E-state index contributed by atoms with van der Waals surface area (Å²) in [6.45, 7) is 6.00. The molecule has 0 aliphatic carbocycles. The van der Waals surface area contributed by atoms with Crippen molar-refractivity contribution in [2.45, 2.75) is 65.0 Å². The Hall–Kier alpha value is -0.650. The molecule has 0 heterocycles. The van der Waals surface area contributed by atoms with Gasteiger partial charge in [0.15, 0.2) is 9.84 Å². The predicted molar refractivity (Wildman–Crippen MR) is 281 cm³/mol. The lowest BCUT2D eigenvalue weighted by Gasteiger charge is -2.26. The molecule has 0 fully saturated rings. The van der Waals surface area contributed by atoms with Crippen molar-refractivity contribution in [2.24, 2.45) is 0 Å². The number of hydrogen-bond acceptors (Lipinski definition) is 14. The van der Waals surface area contributed by atoms with E-state index in [1.165, 1.54) is 23.6 Å². The van der Waals surface area contributed by atoms with Crippen LogP contribution in [0.15, 0.2) is 0 Å². The minimum Gasteiger partial charge on any atom is -0.478 e. The van der Waals surface area contributed by atoms with E-state index in [-0.39, 0.29) is 61.1 Å². The lowest BCUT2D eigenvalue weighted by molar-refractivity contribution is -0.117. The van der Waals surface area contributed by atoms with Crippen molar-refractivity contribution in [3.63, 3.8) is 0 Å². The Balaban J connectivity index is 0.00000127. The van der Waals surface area contributed by atoms with Gasteiger partial charge in [0, 0.05) is 46.3 Å². The van der Waals surface area contributed by atoms with Crippen molar-refractivity contribution in [1.29, 1.82) is 0 Å². The number of benzene rings is 2. The van der Waals surface area contributed by atoms with Crippen LogP contribution in [0.3, 0.4) is 0 Å². The molecule has 0 aromatic heterocycles. The first-order chi connectivity index (χ1) is 28.7. The molecule has 27 heteroatoms. The van der Waals surface area contributed by atoms with E-state index in [1.807, 2.05) is 90.4 Å². The van der Waals surface area contributed by atoms with Crippen LogP contribution >= 0.6 is 136 Å². The summed E-state index contributed by atoms with van der Waals surface area (Å²) in [4.78, 5) is 77.6. The van der Waals surface area contributed by atoms with Crippen LogP contribution in [-0.4, -0.2) is 149 Å². The van der Waals surface area contributed by atoms with Gasteiger partial charge in [0.25, 0.3) is 0 Å². The van der Waals surface area contributed by atoms with Crippen molar-refractivity contribution >= 4 is 204 Å². The molecular formula is C35H45I6N5O15S. The smallest absolute Gasteiger partial charge is 0.338 e. The van der Waals surface area contributed by atoms with Crippen molar-refractivity contribution in [2.75, 3.05) is 65.2 Å². The van der Waals surface area contributed by atoms with Crippen LogP contribution in [0.2, 0.25) is 0 Å². The maximum Gasteiger partial charge on any atom is 0.338 e. The number of nitrogens with one attached hydrogen (secondary N) is 3. The Morgan fingerprint density at radius 3 is 1.23 bits per heavy atom. The Morgan fingerprint density at radius 1 is 0.613 bits per heavy atom. The molecule has 0 radical (unpaired) electrons. The highest BCUT2D eigenvalue weighted by molar-refractivity contribution is 14.1. The molecule has 4 amide bonds. The van der Waals surface area contributed by atoms with Crippen LogP contribution in [0.1, 0.15) is 61.3 Å². The average Bonchev–Trinajstić information content (AvgIpc) is 3.18. The number of anilines is 4. The second-order valence-corrected chi connectivity index (χ2v) is 21.6. The van der Waals surface area contributed by atoms with Gasteiger partial charge >= 0.3 is 11.9 Å². The number of amides is 4. The first-order valence-corrected chi connectivity index (χ1v) is 26.2. The van der Waals surface area contributed by atoms with Gasteiger partial charge in [-0.15, -0.1) is 0 Å². The average molecular weight is 1570 g/mol. The number of carbonyl (C=O) groups is 6. The van der Waals surface area contributed by atoms with Gasteiger partial charge in [0.05, 0.1) is 79.5 Å². The molecule has 0 saturated heterocycles. The van der Waals surface area contributed by atoms with Crippen molar-refractivity contribution in [1.82, 2.24) is 5.32 Å². The lowest BCUT2D eigenvalue weighted by Crippen LogP contribution is -2.48. The summed E-state index contributed by atoms with van der Waals surface area (Å²) in [5, 5.41) is 72.5. The molecule has 0 spiro atoms. The number of aliphatic hydroxyl groups is 5. The van der Waals surface area contributed by atoms with Crippen molar-refractivity contribution < 1.29 is 72.9 Å². The molecule has 4 atom stereocenters. The summed E-state index contributed by atoms with van der Waals surface area (Å²) >= 11 is 11.1. The molecule has 62 heavy (non-hydrogen) atoms. The van der Waals surface area contributed by atoms with Gasteiger partial charge < -0.3 is 61.5 Å². The molecule has 2 rings (SSSR count). The first kappa shape index (κ1) is 59.4. The molecule has 0 aliphatic rings. The molecular weight excluding hydrogens is 1520 g/mol. The zero-order valence-electron chi connectivity index (χ0n) is 33.4. The van der Waals surface area contributed by atoms with Gasteiger partial charge in [-0.1, -0.05) is 0 Å². The molecule has 4 unspecified atom stereocenters. The summed E-state index contributed by atoms with van der Waals surface area (Å²) in [6, 6.07) is 0. The minimum absolute atomic E-state index is 0.0936. The molecule has 0 bridgehead atoms. The van der Waals surface area contributed by atoms with E-state index in [0.717, 1.165) is 0 Å². The molecule has 10 N–H and O–H groups in total. The van der Waals surface area contributed by atoms with Crippen LogP contribution < -0.4 is 25.8 Å². The van der Waals surface area contributed by atoms with Gasteiger partial charge in [-0.2, -0.15) is 0 Å². The van der Waals surface area contributed by atoms with E-state index in [1.54, 1.807) is 66.1 Å². The van der Waals surface area contributed by atoms with Crippen LogP contribution in [0.4, 0.5) is 22.7 Å².